The molecule has 2 amide bonds. The van der Waals surface area contributed by atoms with Gasteiger partial charge in [0, 0.05) is 34.6 Å². The van der Waals surface area contributed by atoms with E-state index in [0.717, 1.165) is 22.3 Å². The van der Waals surface area contributed by atoms with Crippen molar-refractivity contribution in [2.45, 2.75) is 6.18 Å². The fourth-order valence-electron chi connectivity index (χ4n) is 3.20. The molecule has 0 saturated heterocycles. The van der Waals surface area contributed by atoms with Crippen LogP contribution in [0.5, 0.6) is 5.88 Å². The Morgan fingerprint density at radius 2 is 1.88 bits per heavy atom. The average molecular weight is 441 g/mol. The standard InChI is InChI=1S/C22H18F3N5O2/c1-32-20-8-6-18(28-29-20)14-9-10-30-17(12-14)5-7-19(30)15-3-2-4-16(11-15)27-21(31)26-13-22(23,24)25/h2-12H,13H2,1H3,(H2,26,27,31). The van der Waals surface area contributed by atoms with Gasteiger partial charge in [0.15, 0.2) is 0 Å². The van der Waals surface area contributed by atoms with Gasteiger partial charge in [-0.25, -0.2) is 4.79 Å². The molecule has 0 aliphatic heterocycles. The van der Waals surface area contributed by atoms with Crippen LogP contribution in [-0.4, -0.2) is 40.5 Å². The van der Waals surface area contributed by atoms with Crippen molar-refractivity contribution in [2.75, 3.05) is 19.0 Å². The number of carbonyl (C=O) groups excluding carboxylic acids is 1. The lowest BCUT2D eigenvalue weighted by Gasteiger charge is -2.11. The highest BCUT2D eigenvalue weighted by molar-refractivity contribution is 5.90. The fraction of sp³-hybridized carbons (Fsp3) is 0.136. The number of amides is 2. The molecule has 10 heteroatoms. The van der Waals surface area contributed by atoms with Gasteiger partial charge in [-0.2, -0.15) is 13.2 Å². The van der Waals surface area contributed by atoms with Crippen molar-refractivity contribution in [3.05, 3.63) is 66.9 Å². The molecule has 0 aliphatic rings. The van der Waals surface area contributed by atoms with Crippen LogP contribution in [0.15, 0.2) is 66.9 Å². The van der Waals surface area contributed by atoms with E-state index in [2.05, 4.69) is 15.5 Å². The Balaban J connectivity index is 1.56. The number of pyridine rings is 1. The molecule has 0 aliphatic carbocycles. The second-order valence-electron chi connectivity index (χ2n) is 6.89. The first-order valence-corrected chi connectivity index (χ1v) is 9.54. The van der Waals surface area contributed by atoms with Gasteiger partial charge >= 0.3 is 12.2 Å². The molecule has 2 N–H and O–H groups in total. The maximum atomic E-state index is 12.3. The van der Waals surface area contributed by atoms with Gasteiger partial charge in [-0.1, -0.05) is 12.1 Å². The number of benzene rings is 1. The molecule has 7 nitrogen and oxygen atoms in total. The lowest BCUT2D eigenvalue weighted by molar-refractivity contribution is -0.122. The van der Waals surface area contributed by atoms with E-state index in [9.17, 15) is 18.0 Å². The minimum absolute atomic E-state index is 0.377. The number of halogens is 3. The lowest BCUT2D eigenvalue weighted by atomic mass is 10.1. The Morgan fingerprint density at radius 1 is 1.03 bits per heavy atom. The number of anilines is 1. The van der Waals surface area contributed by atoms with E-state index in [1.807, 2.05) is 47.0 Å². The van der Waals surface area contributed by atoms with Crippen molar-refractivity contribution in [1.29, 1.82) is 0 Å². The number of urea groups is 1. The number of ether oxygens (including phenoxy) is 1. The average Bonchev–Trinajstić information content (AvgIpc) is 3.21. The zero-order valence-corrected chi connectivity index (χ0v) is 16.8. The summed E-state index contributed by atoms with van der Waals surface area (Å²) < 4.78 is 43.8. The van der Waals surface area contributed by atoms with Crippen LogP contribution in [0.3, 0.4) is 0 Å². The van der Waals surface area contributed by atoms with Crippen LogP contribution in [0, 0.1) is 0 Å². The van der Waals surface area contributed by atoms with E-state index in [1.54, 1.807) is 29.6 Å². The van der Waals surface area contributed by atoms with Crippen molar-refractivity contribution in [2.24, 2.45) is 0 Å². The number of hydrogen-bond acceptors (Lipinski definition) is 4. The Hall–Kier alpha value is -4.08. The predicted octanol–water partition coefficient (Wildman–Crippen LogP) is 4.76. The number of fused-ring (bicyclic) bond motifs is 1. The number of rotatable bonds is 5. The number of nitrogens with one attached hydrogen (secondary N) is 2. The minimum Gasteiger partial charge on any atom is -0.480 e. The highest BCUT2D eigenvalue weighted by atomic mass is 19.4. The largest absolute Gasteiger partial charge is 0.480 e. The fourth-order valence-corrected chi connectivity index (χ4v) is 3.20. The molecular formula is C22H18F3N5O2. The van der Waals surface area contributed by atoms with Crippen LogP contribution in [0.4, 0.5) is 23.7 Å². The van der Waals surface area contributed by atoms with E-state index >= 15 is 0 Å². The van der Waals surface area contributed by atoms with E-state index in [4.69, 9.17) is 4.74 Å². The Labute approximate surface area is 180 Å². The van der Waals surface area contributed by atoms with Gasteiger partial charge < -0.3 is 19.8 Å². The van der Waals surface area contributed by atoms with Gasteiger partial charge in [0.1, 0.15) is 6.54 Å². The van der Waals surface area contributed by atoms with Crippen LogP contribution in [-0.2, 0) is 0 Å². The molecule has 0 unspecified atom stereocenters. The Bertz CT molecular complexity index is 1250. The number of carbonyl (C=O) groups is 1. The summed E-state index contributed by atoms with van der Waals surface area (Å²) in [5.41, 5.74) is 4.52. The molecule has 4 rings (SSSR count). The van der Waals surface area contributed by atoms with Gasteiger partial charge in [0.05, 0.1) is 18.5 Å². The number of aromatic nitrogens is 3. The molecule has 1 aromatic carbocycles. The summed E-state index contributed by atoms with van der Waals surface area (Å²) >= 11 is 0. The summed E-state index contributed by atoms with van der Waals surface area (Å²) in [7, 11) is 1.53. The summed E-state index contributed by atoms with van der Waals surface area (Å²) in [6.45, 7) is -1.40. The zero-order chi connectivity index (χ0) is 22.7. The number of nitrogens with zero attached hydrogens (tertiary/aromatic N) is 3. The van der Waals surface area contributed by atoms with Crippen LogP contribution >= 0.6 is 0 Å². The zero-order valence-electron chi connectivity index (χ0n) is 16.8. The normalized spacial score (nSPS) is 11.4. The maximum Gasteiger partial charge on any atom is 0.405 e. The molecule has 0 atom stereocenters. The first-order chi connectivity index (χ1) is 15.3. The monoisotopic (exact) mass is 441 g/mol. The maximum absolute atomic E-state index is 12.3. The topological polar surface area (TPSA) is 80.5 Å². The molecule has 32 heavy (non-hydrogen) atoms. The smallest absolute Gasteiger partial charge is 0.405 e. The third-order valence-corrected chi connectivity index (χ3v) is 4.67. The molecular weight excluding hydrogens is 423 g/mol. The molecule has 0 radical (unpaired) electrons. The van der Waals surface area contributed by atoms with Gasteiger partial charge in [-0.05, 0) is 42.5 Å². The van der Waals surface area contributed by atoms with Gasteiger partial charge in [-0.3, -0.25) is 0 Å². The number of methoxy groups -OCH3 is 1. The molecule has 0 spiro atoms. The summed E-state index contributed by atoms with van der Waals surface area (Å²) in [4.78, 5) is 11.7. The highest BCUT2D eigenvalue weighted by Crippen LogP contribution is 2.28. The lowest BCUT2D eigenvalue weighted by Crippen LogP contribution is -2.36. The van der Waals surface area contributed by atoms with Crippen LogP contribution in [0.25, 0.3) is 28.0 Å². The second kappa shape index (κ2) is 8.58. The third kappa shape index (κ3) is 4.80. The molecule has 3 heterocycles. The van der Waals surface area contributed by atoms with Crippen molar-refractivity contribution in [1.82, 2.24) is 19.9 Å². The van der Waals surface area contributed by atoms with Crippen LogP contribution < -0.4 is 15.4 Å². The molecule has 0 saturated carbocycles. The van der Waals surface area contributed by atoms with E-state index in [0.29, 0.717) is 17.3 Å². The molecule has 4 aromatic rings. The van der Waals surface area contributed by atoms with Gasteiger partial charge in [0.25, 0.3) is 0 Å². The van der Waals surface area contributed by atoms with Gasteiger partial charge in [0.2, 0.25) is 5.88 Å². The van der Waals surface area contributed by atoms with Crippen molar-refractivity contribution in [3.8, 4) is 28.4 Å². The number of alkyl halides is 3. The third-order valence-electron chi connectivity index (χ3n) is 4.67. The van der Waals surface area contributed by atoms with Crippen molar-refractivity contribution in [3.63, 3.8) is 0 Å². The van der Waals surface area contributed by atoms with Crippen molar-refractivity contribution < 1.29 is 22.7 Å². The van der Waals surface area contributed by atoms with Crippen LogP contribution in [0.1, 0.15) is 0 Å². The summed E-state index contributed by atoms with van der Waals surface area (Å²) in [5.74, 6) is 0.431. The highest BCUT2D eigenvalue weighted by Gasteiger charge is 2.27. The molecule has 3 aromatic heterocycles. The van der Waals surface area contributed by atoms with E-state index in [-0.39, 0.29) is 0 Å². The first kappa shape index (κ1) is 21.2. The van der Waals surface area contributed by atoms with Crippen molar-refractivity contribution >= 4 is 17.2 Å². The predicted molar refractivity (Wildman–Crippen MR) is 113 cm³/mol. The second-order valence-corrected chi connectivity index (χ2v) is 6.89. The quantitative estimate of drug-likeness (QED) is 0.468. The Kier molecular flexibility index (Phi) is 5.67. The first-order valence-electron chi connectivity index (χ1n) is 9.54. The minimum atomic E-state index is -4.47. The van der Waals surface area contributed by atoms with E-state index < -0.39 is 18.8 Å². The van der Waals surface area contributed by atoms with E-state index in [1.165, 1.54) is 7.11 Å². The number of hydrogen-bond donors (Lipinski definition) is 2. The Morgan fingerprint density at radius 3 is 2.59 bits per heavy atom. The summed E-state index contributed by atoms with van der Waals surface area (Å²) in [5, 5.41) is 12.4. The van der Waals surface area contributed by atoms with Gasteiger partial charge in [-0.15, -0.1) is 10.2 Å². The summed E-state index contributed by atoms with van der Waals surface area (Å²) in [6, 6.07) is 17.2. The SMILES string of the molecule is COc1ccc(-c2ccn3c(-c4cccc(NC(=O)NCC(F)(F)F)c4)ccc3c2)nn1. The molecule has 0 fully saturated rings. The van der Waals surface area contributed by atoms with Crippen LogP contribution in [0.2, 0.25) is 0 Å². The molecule has 0 bridgehead atoms. The molecule has 164 valence electrons. The summed E-state index contributed by atoms with van der Waals surface area (Å²) in [6.07, 6.45) is -2.58.